The molecule has 7 heteroatoms. The standard InChI is InChI=1S/3C6H6O2.Ti/c3*7-5-3-1-2-4-6(5)8;/h3*1-4,7-8H;/q;;;+4/p-6. The molecule has 0 aliphatic carbocycles. The van der Waals surface area contributed by atoms with Gasteiger partial charge in [0.15, 0.2) is 0 Å². The second kappa shape index (κ2) is 11.7. The van der Waals surface area contributed by atoms with Crippen LogP contribution in [0.4, 0.5) is 0 Å². The third kappa shape index (κ3) is 8.55. The minimum absolute atomic E-state index is 0. The van der Waals surface area contributed by atoms with Crippen molar-refractivity contribution in [2.45, 2.75) is 0 Å². The van der Waals surface area contributed by atoms with E-state index in [2.05, 4.69) is 0 Å². The van der Waals surface area contributed by atoms with Crippen LogP contribution >= 0.6 is 0 Å². The zero-order valence-electron chi connectivity index (χ0n) is 12.9. The number of para-hydroxylation sites is 6. The van der Waals surface area contributed by atoms with Crippen LogP contribution in [0, 0.1) is 0 Å². The Balaban J connectivity index is 0.000000339. The van der Waals surface area contributed by atoms with Gasteiger partial charge in [0.2, 0.25) is 0 Å². The van der Waals surface area contributed by atoms with Gasteiger partial charge in [-0.3, -0.25) is 0 Å². The number of benzene rings is 3. The zero-order valence-corrected chi connectivity index (χ0v) is 14.4. The fourth-order valence-electron chi connectivity index (χ4n) is 1.35. The monoisotopic (exact) mass is 372 g/mol. The van der Waals surface area contributed by atoms with Gasteiger partial charge in [-0.2, -0.15) is 0 Å². The Morgan fingerprint density at radius 1 is 0.320 bits per heavy atom. The van der Waals surface area contributed by atoms with Crippen LogP contribution in [0.3, 0.4) is 0 Å². The summed E-state index contributed by atoms with van der Waals surface area (Å²) in [6.07, 6.45) is 0. The second-order valence-electron chi connectivity index (χ2n) is 4.34. The molecular formula is C18H12O6Ti-2. The van der Waals surface area contributed by atoms with Gasteiger partial charge in [-0.15, -0.1) is 34.5 Å². The Hall–Kier alpha value is -2.83. The number of hydrogen-bond acceptors (Lipinski definition) is 6. The molecule has 25 heavy (non-hydrogen) atoms. The molecule has 0 unspecified atom stereocenters. The van der Waals surface area contributed by atoms with E-state index in [1.54, 1.807) is 36.4 Å². The summed E-state index contributed by atoms with van der Waals surface area (Å²) >= 11 is 0. The molecule has 3 aromatic rings. The molecule has 0 fully saturated rings. The summed E-state index contributed by atoms with van der Waals surface area (Å²) in [4.78, 5) is 0. The van der Waals surface area contributed by atoms with Crippen LogP contribution in [0.5, 0.6) is 34.5 Å². The van der Waals surface area contributed by atoms with Gasteiger partial charge >= 0.3 is 21.7 Å². The molecular weight excluding hydrogens is 360 g/mol. The third-order valence-corrected chi connectivity index (χ3v) is 2.55. The van der Waals surface area contributed by atoms with E-state index in [0.29, 0.717) is 0 Å². The van der Waals surface area contributed by atoms with Crippen LogP contribution in [-0.2, 0) is 21.7 Å². The molecule has 0 spiro atoms. The minimum Gasteiger partial charge on any atom is -0.873 e. The van der Waals surface area contributed by atoms with Gasteiger partial charge in [-0.25, -0.2) is 0 Å². The molecule has 0 N–H and O–H groups in total. The zero-order chi connectivity index (χ0) is 17.9. The topological polar surface area (TPSA) is 138 Å². The molecule has 0 heterocycles. The molecule has 0 bridgehead atoms. The fourth-order valence-corrected chi connectivity index (χ4v) is 1.35. The molecule has 0 amide bonds. The molecule has 0 saturated carbocycles. The van der Waals surface area contributed by atoms with Crippen LogP contribution < -0.4 is 30.6 Å². The van der Waals surface area contributed by atoms with Crippen molar-refractivity contribution >= 4 is 0 Å². The van der Waals surface area contributed by atoms with Gasteiger partial charge in [-0.1, -0.05) is 72.8 Å². The molecule has 126 valence electrons. The summed E-state index contributed by atoms with van der Waals surface area (Å²) in [7, 11) is 0. The fraction of sp³-hybridized carbons (Fsp3) is 0. The van der Waals surface area contributed by atoms with Crippen LogP contribution in [-0.4, -0.2) is 0 Å². The van der Waals surface area contributed by atoms with Crippen molar-refractivity contribution < 1.29 is 52.4 Å². The van der Waals surface area contributed by atoms with Gasteiger partial charge < -0.3 is 30.6 Å². The quantitative estimate of drug-likeness (QED) is 0.488. The van der Waals surface area contributed by atoms with E-state index < -0.39 is 34.5 Å². The van der Waals surface area contributed by atoms with Gasteiger partial charge in [0, 0.05) is 0 Å². The van der Waals surface area contributed by atoms with Gasteiger partial charge in [-0.05, 0) is 0 Å². The molecule has 0 aliphatic heterocycles. The van der Waals surface area contributed by atoms with E-state index in [9.17, 15) is 30.6 Å². The predicted molar refractivity (Wildman–Crippen MR) is 76.0 cm³/mol. The van der Waals surface area contributed by atoms with Crippen LogP contribution in [0.1, 0.15) is 0 Å². The van der Waals surface area contributed by atoms with E-state index in [0.717, 1.165) is 0 Å². The molecule has 0 saturated heterocycles. The van der Waals surface area contributed by atoms with Gasteiger partial charge in [0.1, 0.15) is 0 Å². The predicted octanol–water partition coefficient (Wildman–Crippen LogP) is -0.501. The van der Waals surface area contributed by atoms with Crippen molar-refractivity contribution in [2.75, 3.05) is 0 Å². The Labute approximate surface area is 159 Å². The maximum Gasteiger partial charge on any atom is 4.00 e. The SMILES string of the molecule is [O-]c1ccccc1[O-].[O-]c1ccccc1[O-].[O-]c1ccccc1[O-].[Ti+4]. The normalized spacial score (nSPS) is 8.64. The first-order valence-electron chi connectivity index (χ1n) is 6.71. The van der Waals surface area contributed by atoms with E-state index >= 15 is 0 Å². The van der Waals surface area contributed by atoms with Crippen molar-refractivity contribution in [1.29, 1.82) is 0 Å². The first kappa shape index (κ1) is 22.2. The maximum atomic E-state index is 10.3. The molecule has 6 nitrogen and oxygen atoms in total. The second-order valence-corrected chi connectivity index (χ2v) is 4.34. The molecule has 3 aromatic carbocycles. The number of rotatable bonds is 0. The average molecular weight is 372 g/mol. The van der Waals surface area contributed by atoms with Gasteiger partial charge in [0.05, 0.1) is 0 Å². The summed E-state index contributed by atoms with van der Waals surface area (Å²) in [6.45, 7) is 0. The molecule has 0 atom stereocenters. The smallest absolute Gasteiger partial charge is 0.873 e. The molecule has 0 aliphatic rings. The van der Waals surface area contributed by atoms with Crippen LogP contribution in [0.2, 0.25) is 0 Å². The summed E-state index contributed by atoms with van der Waals surface area (Å²) in [6, 6.07) is 16.8. The minimum atomic E-state index is -0.437. The van der Waals surface area contributed by atoms with Crippen molar-refractivity contribution in [3.63, 3.8) is 0 Å². The van der Waals surface area contributed by atoms with E-state index in [4.69, 9.17) is 0 Å². The molecule has 0 radical (unpaired) electrons. The van der Waals surface area contributed by atoms with Crippen LogP contribution in [0.15, 0.2) is 72.8 Å². The molecule has 3 rings (SSSR count). The van der Waals surface area contributed by atoms with E-state index in [1.165, 1.54) is 36.4 Å². The maximum absolute atomic E-state index is 10.3. The van der Waals surface area contributed by atoms with Crippen molar-refractivity contribution in [2.24, 2.45) is 0 Å². The largest absolute Gasteiger partial charge is 4.00 e. The number of hydrogen-bond donors (Lipinski definition) is 0. The summed E-state index contributed by atoms with van der Waals surface area (Å²) < 4.78 is 0. The third-order valence-electron chi connectivity index (χ3n) is 2.55. The van der Waals surface area contributed by atoms with Crippen molar-refractivity contribution in [3.05, 3.63) is 72.8 Å². The first-order valence-corrected chi connectivity index (χ1v) is 6.71. The Morgan fingerprint density at radius 2 is 0.440 bits per heavy atom. The Bertz CT molecular complexity index is 597. The van der Waals surface area contributed by atoms with E-state index in [1.807, 2.05) is 0 Å². The average Bonchev–Trinajstić information content (AvgIpc) is 2.57. The Kier molecular flexibility index (Phi) is 10.4. The first-order chi connectivity index (χ1) is 11.4. The van der Waals surface area contributed by atoms with Gasteiger partial charge in [0.25, 0.3) is 0 Å². The summed E-state index contributed by atoms with van der Waals surface area (Å²) in [5.41, 5.74) is 0. The van der Waals surface area contributed by atoms with E-state index in [-0.39, 0.29) is 21.7 Å². The summed E-state index contributed by atoms with van der Waals surface area (Å²) in [5.74, 6) is -2.62. The van der Waals surface area contributed by atoms with Crippen molar-refractivity contribution in [3.8, 4) is 34.5 Å². The van der Waals surface area contributed by atoms with Crippen LogP contribution in [0.25, 0.3) is 0 Å². The molecule has 0 aromatic heterocycles. The summed E-state index contributed by atoms with van der Waals surface area (Å²) in [5, 5.41) is 61.8. The Morgan fingerprint density at radius 3 is 0.520 bits per heavy atom. The van der Waals surface area contributed by atoms with Crippen molar-refractivity contribution in [1.82, 2.24) is 0 Å².